The monoisotopic (exact) mass is 244 g/mol. The van der Waals surface area contributed by atoms with E-state index in [0.29, 0.717) is 0 Å². The van der Waals surface area contributed by atoms with Gasteiger partial charge in [-0.25, -0.2) is 9.59 Å². The van der Waals surface area contributed by atoms with Crippen LogP contribution in [0.4, 0.5) is 8.78 Å². The molecule has 0 aromatic rings. The van der Waals surface area contributed by atoms with Crippen LogP contribution < -0.4 is 0 Å². The highest BCUT2D eigenvalue weighted by molar-refractivity contribution is 7.87. The van der Waals surface area contributed by atoms with Crippen molar-refractivity contribution in [2.24, 2.45) is 0 Å². The van der Waals surface area contributed by atoms with Crippen molar-refractivity contribution in [3.8, 4) is 0 Å². The van der Waals surface area contributed by atoms with Crippen molar-refractivity contribution in [2.45, 2.75) is 12.2 Å². The lowest BCUT2D eigenvalue weighted by molar-refractivity contribution is -0.169. The van der Waals surface area contributed by atoms with Gasteiger partial charge < -0.3 is 4.74 Å². The molecule has 0 aromatic carbocycles. The maximum Gasteiger partial charge on any atom is 0.466 e. The zero-order valence-electron chi connectivity index (χ0n) is 7.36. The van der Waals surface area contributed by atoms with Gasteiger partial charge in [0.15, 0.2) is 0 Å². The minimum atomic E-state index is -5.96. The summed E-state index contributed by atoms with van der Waals surface area (Å²) in [4.78, 5) is 21.0. The first-order chi connectivity index (χ1) is 6.50. The molecule has 0 aliphatic rings. The van der Waals surface area contributed by atoms with Gasteiger partial charge in [0, 0.05) is 5.57 Å². The summed E-state index contributed by atoms with van der Waals surface area (Å²) < 4.78 is 56.3. The lowest BCUT2D eigenvalue weighted by Crippen LogP contribution is -2.40. The van der Waals surface area contributed by atoms with Gasteiger partial charge in [0.2, 0.25) is 0 Å². The van der Waals surface area contributed by atoms with Crippen LogP contribution in [0.15, 0.2) is 12.2 Å². The highest BCUT2D eigenvalue weighted by Gasteiger charge is 2.55. The molecular weight excluding hydrogens is 238 g/mol. The first-order valence-electron chi connectivity index (χ1n) is 3.27. The molecule has 0 atom stereocenters. The van der Waals surface area contributed by atoms with E-state index in [9.17, 15) is 26.8 Å². The van der Waals surface area contributed by atoms with Crippen LogP contribution in [0.5, 0.6) is 0 Å². The van der Waals surface area contributed by atoms with Crippen molar-refractivity contribution in [1.82, 2.24) is 0 Å². The average Bonchev–Trinajstić information content (AvgIpc) is 2.01. The Bertz CT molecular complexity index is 409. The summed E-state index contributed by atoms with van der Waals surface area (Å²) in [6.07, 6.45) is 0. The van der Waals surface area contributed by atoms with Gasteiger partial charge in [-0.05, 0) is 6.92 Å². The van der Waals surface area contributed by atoms with Crippen LogP contribution in [0, 0.1) is 0 Å². The van der Waals surface area contributed by atoms with E-state index in [1.807, 2.05) is 0 Å². The Morgan fingerprint density at radius 1 is 1.40 bits per heavy atom. The number of rotatable bonds is 3. The Labute approximate surface area is 83.3 Å². The SMILES string of the molecule is C=C(C)C(=O)OC(=O)C(F)(F)S(=O)(=O)O. The van der Waals surface area contributed by atoms with Gasteiger partial charge in [-0.3, -0.25) is 4.55 Å². The zero-order chi connectivity index (χ0) is 12.4. The van der Waals surface area contributed by atoms with E-state index in [1.165, 1.54) is 0 Å². The molecule has 0 aliphatic heterocycles. The third-order valence-electron chi connectivity index (χ3n) is 1.10. The average molecular weight is 244 g/mol. The van der Waals surface area contributed by atoms with Gasteiger partial charge in [-0.2, -0.15) is 17.2 Å². The lowest BCUT2D eigenvalue weighted by atomic mass is 10.4. The van der Waals surface area contributed by atoms with Crippen molar-refractivity contribution in [1.29, 1.82) is 0 Å². The summed E-state index contributed by atoms with van der Waals surface area (Å²) >= 11 is 0. The Hall–Kier alpha value is -1.35. The van der Waals surface area contributed by atoms with Gasteiger partial charge in [-0.1, -0.05) is 6.58 Å². The lowest BCUT2D eigenvalue weighted by Gasteiger charge is -2.10. The van der Waals surface area contributed by atoms with Crippen molar-refractivity contribution < 1.29 is 36.1 Å². The van der Waals surface area contributed by atoms with E-state index in [0.717, 1.165) is 6.92 Å². The molecule has 0 heterocycles. The van der Waals surface area contributed by atoms with Gasteiger partial charge in [0.05, 0.1) is 0 Å². The molecule has 0 fully saturated rings. The highest BCUT2D eigenvalue weighted by atomic mass is 32.2. The van der Waals surface area contributed by atoms with Gasteiger partial charge in [-0.15, -0.1) is 0 Å². The zero-order valence-corrected chi connectivity index (χ0v) is 8.18. The number of alkyl halides is 2. The molecule has 0 aromatic heterocycles. The van der Waals surface area contributed by atoms with E-state index >= 15 is 0 Å². The number of esters is 2. The normalized spacial score (nSPS) is 12.0. The summed E-state index contributed by atoms with van der Waals surface area (Å²) in [6.45, 7) is 4.03. The summed E-state index contributed by atoms with van der Waals surface area (Å²) in [5, 5.41) is -5.18. The van der Waals surface area contributed by atoms with Gasteiger partial charge >= 0.3 is 27.3 Å². The van der Waals surface area contributed by atoms with Crippen molar-refractivity contribution >= 4 is 22.1 Å². The van der Waals surface area contributed by atoms with Gasteiger partial charge in [0.25, 0.3) is 0 Å². The van der Waals surface area contributed by atoms with Crippen LogP contribution in [0.2, 0.25) is 0 Å². The molecular formula is C6H6F2O6S. The van der Waals surface area contributed by atoms with Crippen LogP contribution in [0.1, 0.15) is 6.92 Å². The molecule has 9 heteroatoms. The quantitative estimate of drug-likeness (QED) is 0.327. The van der Waals surface area contributed by atoms with Crippen LogP contribution in [0.25, 0.3) is 0 Å². The molecule has 1 N–H and O–H groups in total. The largest absolute Gasteiger partial charge is 0.466 e. The molecule has 0 aliphatic carbocycles. The predicted molar refractivity (Wildman–Crippen MR) is 42.4 cm³/mol. The number of carbonyl (C=O) groups excluding carboxylic acids is 2. The Morgan fingerprint density at radius 3 is 2.07 bits per heavy atom. The number of carbonyl (C=O) groups is 2. The van der Waals surface area contributed by atoms with E-state index in [1.54, 1.807) is 0 Å². The molecule has 0 spiro atoms. The minimum absolute atomic E-state index is 0.380. The predicted octanol–water partition coefficient (Wildman–Crippen LogP) is 0.113. The fourth-order valence-electron chi connectivity index (χ4n) is 0.336. The number of hydrogen-bond donors (Lipinski definition) is 1. The van der Waals surface area contributed by atoms with E-state index < -0.39 is 27.3 Å². The first kappa shape index (κ1) is 13.7. The molecule has 0 saturated carbocycles. The van der Waals surface area contributed by atoms with Crippen molar-refractivity contribution in [3.63, 3.8) is 0 Å². The van der Waals surface area contributed by atoms with Gasteiger partial charge in [0.1, 0.15) is 0 Å². The Kier molecular flexibility index (Phi) is 3.66. The van der Waals surface area contributed by atoms with E-state index in [-0.39, 0.29) is 5.57 Å². The maximum absolute atomic E-state index is 12.5. The highest BCUT2D eigenvalue weighted by Crippen LogP contribution is 2.22. The summed E-state index contributed by atoms with van der Waals surface area (Å²) in [5.41, 5.74) is -0.380. The second-order valence-corrected chi connectivity index (χ2v) is 3.91. The van der Waals surface area contributed by atoms with Crippen molar-refractivity contribution in [3.05, 3.63) is 12.2 Å². The van der Waals surface area contributed by atoms with Crippen LogP contribution in [-0.2, 0) is 24.4 Å². The minimum Gasteiger partial charge on any atom is -0.384 e. The van der Waals surface area contributed by atoms with Crippen LogP contribution in [0.3, 0.4) is 0 Å². The standard InChI is InChI=1S/C6H6F2O6S/c1-3(2)4(9)14-5(10)6(7,8)15(11,12)13/h1H2,2H3,(H,11,12,13). The maximum atomic E-state index is 12.5. The molecule has 0 amide bonds. The van der Waals surface area contributed by atoms with Crippen molar-refractivity contribution in [2.75, 3.05) is 0 Å². The smallest absolute Gasteiger partial charge is 0.384 e. The van der Waals surface area contributed by atoms with E-state index in [2.05, 4.69) is 11.3 Å². The summed E-state index contributed by atoms with van der Waals surface area (Å²) in [7, 11) is -5.96. The molecule has 0 radical (unpaired) electrons. The molecule has 15 heavy (non-hydrogen) atoms. The molecule has 6 nitrogen and oxygen atoms in total. The molecule has 86 valence electrons. The first-order valence-corrected chi connectivity index (χ1v) is 4.71. The third-order valence-corrected chi connectivity index (χ3v) is 1.91. The van der Waals surface area contributed by atoms with Crippen LogP contribution in [-0.4, -0.2) is 30.2 Å². The number of hydrogen-bond acceptors (Lipinski definition) is 5. The number of ether oxygens (including phenoxy) is 1. The molecule has 0 unspecified atom stereocenters. The Morgan fingerprint density at radius 2 is 1.80 bits per heavy atom. The topological polar surface area (TPSA) is 97.7 Å². The molecule has 0 saturated heterocycles. The summed E-state index contributed by atoms with van der Waals surface area (Å²) in [6, 6.07) is 0. The fourth-order valence-corrected chi connectivity index (χ4v) is 0.588. The second kappa shape index (κ2) is 4.03. The Balaban J connectivity index is 4.91. The number of halogens is 2. The summed E-state index contributed by atoms with van der Waals surface area (Å²) in [5.74, 6) is -4.19. The fraction of sp³-hybridized carbons (Fsp3) is 0.333. The van der Waals surface area contributed by atoms with E-state index in [4.69, 9.17) is 4.55 Å². The third kappa shape index (κ3) is 3.06. The van der Waals surface area contributed by atoms with Crippen LogP contribution >= 0.6 is 0 Å². The molecule has 0 bridgehead atoms. The molecule has 0 rings (SSSR count). The second-order valence-electron chi connectivity index (χ2n) is 2.45.